The molecule has 3 saturated heterocycles. The molecule has 0 amide bonds. The largest absolute Gasteiger partial charge is 0.308 e. The first-order valence-electron chi connectivity index (χ1n) is 10.3. The molecule has 23 heavy (non-hydrogen) atoms. The molecule has 2 aliphatic carbocycles. The summed E-state index contributed by atoms with van der Waals surface area (Å²) in [6, 6.07) is 0.857. The van der Waals surface area contributed by atoms with Gasteiger partial charge in [0.1, 0.15) is 0 Å². The van der Waals surface area contributed by atoms with Crippen molar-refractivity contribution in [2.45, 2.75) is 69.4 Å². The zero-order chi connectivity index (χ0) is 15.5. The van der Waals surface area contributed by atoms with Crippen molar-refractivity contribution >= 4 is 0 Å². The van der Waals surface area contributed by atoms with Crippen molar-refractivity contribution in [2.75, 3.05) is 39.8 Å². The Balaban J connectivity index is 1.09. The van der Waals surface area contributed by atoms with Gasteiger partial charge in [0.25, 0.3) is 0 Å². The quantitative estimate of drug-likeness (QED) is 0.860. The summed E-state index contributed by atoms with van der Waals surface area (Å²) in [5, 5.41) is 3.93. The van der Waals surface area contributed by atoms with E-state index < -0.39 is 0 Å². The second-order valence-corrected chi connectivity index (χ2v) is 9.95. The van der Waals surface area contributed by atoms with Crippen LogP contribution < -0.4 is 5.32 Å². The van der Waals surface area contributed by atoms with Crippen LogP contribution in [0.4, 0.5) is 0 Å². The predicted molar refractivity (Wildman–Crippen MR) is 94.6 cm³/mol. The highest BCUT2D eigenvalue weighted by molar-refractivity contribution is 5.09. The van der Waals surface area contributed by atoms with Gasteiger partial charge in [-0.3, -0.25) is 0 Å². The molecule has 0 aromatic rings. The van der Waals surface area contributed by atoms with Crippen LogP contribution in [-0.2, 0) is 0 Å². The van der Waals surface area contributed by atoms with Gasteiger partial charge in [-0.1, -0.05) is 0 Å². The smallest absolute Gasteiger partial charge is 0.0199 e. The first-order valence-corrected chi connectivity index (χ1v) is 10.3. The van der Waals surface area contributed by atoms with Gasteiger partial charge in [0.05, 0.1) is 0 Å². The summed E-state index contributed by atoms with van der Waals surface area (Å²) in [5.41, 5.74) is 1.38. The first kappa shape index (κ1) is 15.2. The molecule has 3 heterocycles. The summed E-state index contributed by atoms with van der Waals surface area (Å²) in [4.78, 5) is 5.36. The highest BCUT2D eigenvalue weighted by Gasteiger charge is 2.53. The van der Waals surface area contributed by atoms with Crippen LogP contribution in [0.25, 0.3) is 0 Å². The van der Waals surface area contributed by atoms with Gasteiger partial charge >= 0.3 is 0 Å². The van der Waals surface area contributed by atoms with Crippen molar-refractivity contribution in [3.05, 3.63) is 0 Å². The summed E-state index contributed by atoms with van der Waals surface area (Å²) < 4.78 is 0. The van der Waals surface area contributed by atoms with E-state index >= 15 is 0 Å². The Kier molecular flexibility index (Phi) is 3.58. The molecule has 3 nitrogen and oxygen atoms in total. The lowest BCUT2D eigenvalue weighted by Crippen LogP contribution is -2.67. The van der Waals surface area contributed by atoms with Gasteiger partial charge in [-0.05, 0) is 88.6 Å². The molecule has 0 aromatic carbocycles. The van der Waals surface area contributed by atoms with E-state index in [-0.39, 0.29) is 0 Å². The van der Waals surface area contributed by atoms with Gasteiger partial charge in [0, 0.05) is 37.8 Å². The van der Waals surface area contributed by atoms with E-state index in [1.165, 1.54) is 90.5 Å². The summed E-state index contributed by atoms with van der Waals surface area (Å²) in [7, 11) is 2.29. The molecular weight excluding hydrogens is 282 g/mol. The minimum Gasteiger partial charge on any atom is -0.308 e. The number of likely N-dealkylation sites (tertiary alicyclic amines) is 2. The topological polar surface area (TPSA) is 18.5 Å². The molecular formula is C20H35N3. The van der Waals surface area contributed by atoms with Gasteiger partial charge in [-0.15, -0.1) is 0 Å². The predicted octanol–water partition coefficient (Wildman–Crippen LogP) is 2.71. The monoisotopic (exact) mass is 317 g/mol. The lowest BCUT2D eigenvalue weighted by Gasteiger charge is -2.61. The van der Waals surface area contributed by atoms with Crippen molar-refractivity contribution in [1.29, 1.82) is 0 Å². The number of hydrogen-bond acceptors (Lipinski definition) is 3. The van der Waals surface area contributed by atoms with E-state index in [9.17, 15) is 0 Å². The maximum Gasteiger partial charge on any atom is 0.0199 e. The van der Waals surface area contributed by atoms with Crippen molar-refractivity contribution in [3.8, 4) is 0 Å². The van der Waals surface area contributed by atoms with E-state index in [1.54, 1.807) is 0 Å². The molecule has 130 valence electrons. The molecule has 2 saturated carbocycles. The molecule has 3 atom stereocenters. The van der Waals surface area contributed by atoms with Crippen LogP contribution >= 0.6 is 0 Å². The number of nitrogens with zero attached hydrogens (tertiary/aromatic N) is 2. The van der Waals surface area contributed by atoms with Crippen LogP contribution in [0, 0.1) is 17.3 Å². The Labute approximate surface area is 142 Å². The minimum atomic E-state index is 0.633. The third kappa shape index (κ3) is 2.58. The SMILES string of the molecule is CN1CC2(CCC2CN2CCCC(CC3CC4(CCC4)N3)C2)C1. The molecule has 1 N–H and O–H groups in total. The zero-order valence-electron chi connectivity index (χ0n) is 15.0. The van der Waals surface area contributed by atoms with Gasteiger partial charge < -0.3 is 15.1 Å². The highest BCUT2D eigenvalue weighted by atomic mass is 15.2. The first-order chi connectivity index (χ1) is 11.1. The lowest BCUT2D eigenvalue weighted by molar-refractivity contribution is -0.114. The van der Waals surface area contributed by atoms with Crippen LogP contribution in [0.5, 0.6) is 0 Å². The van der Waals surface area contributed by atoms with E-state index in [2.05, 4.69) is 22.2 Å². The van der Waals surface area contributed by atoms with Crippen molar-refractivity contribution in [3.63, 3.8) is 0 Å². The second kappa shape index (κ2) is 5.44. The normalized spacial score (nSPS) is 41.9. The van der Waals surface area contributed by atoms with Crippen molar-refractivity contribution < 1.29 is 0 Å². The Bertz CT molecular complexity index is 444. The Morgan fingerprint density at radius 3 is 2.52 bits per heavy atom. The molecule has 5 fully saturated rings. The second-order valence-electron chi connectivity index (χ2n) is 9.95. The maximum absolute atomic E-state index is 3.93. The van der Waals surface area contributed by atoms with Crippen LogP contribution in [0.15, 0.2) is 0 Å². The van der Waals surface area contributed by atoms with Crippen LogP contribution in [0.1, 0.15) is 57.8 Å². The van der Waals surface area contributed by atoms with Crippen LogP contribution in [0.3, 0.4) is 0 Å². The fraction of sp³-hybridized carbons (Fsp3) is 1.00. The fourth-order valence-corrected chi connectivity index (χ4v) is 6.69. The summed E-state index contributed by atoms with van der Waals surface area (Å²) in [6.07, 6.45) is 13.3. The van der Waals surface area contributed by atoms with Gasteiger partial charge in [-0.2, -0.15) is 0 Å². The van der Waals surface area contributed by atoms with Crippen molar-refractivity contribution in [1.82, 2.24) is 15.1 Å². The number of rotatable bonds is 4. The third-order valence-electron chi connectivity index (χ3n) is 8.18. The molecule has 3 aliphatic heterocycles. The average molecular weight is 318 g/mol. The Morgan fingerprint density at radius 2 is 1.91 bits per heavy atom. The Morgan fingerprint density at radius 1 is 1.09 bits per heavy atom. The summed E-state index contributed by atoms with van der Waals surface area (Å²) >= 11 is 0. The molecule has 5 aliphatic rings. The highest BCUT2D eigenvalue weighted by Crippen LogP contribution is 2.53. The number of hydrogen-bond donors (Lipinski definition) is 1. The van der Waals surface area contributed by atoms with Crippen LogP contribution in [-0.4, -0.2) is 61.2 Å². The van der Waals surface area contributed by atoms with E-state index in [4.69, 9.17) is 0 Å². The maximum atomic E-state index is 3.93. The molecule has 3 heteroatoms. The van der Waals surface area contributed by atoms with Crippen molar-refractivity contribution in [2.24, 2.45) is 17.3 Å². The molecule has 3 unspecified atom stereocenters. The van der Waals surface area contributed by atoms with Gasteiger partial charge in [-0.25, -0.2) is 0 Å². The molecule has 0 radical (unpaired) electrons. The zero-order valence-corrected chi connectivity index (χ0v) is 15.0. The van der Waals surface area contributed by atoms with E-state index in [1.807, 2.05) is 0 Å². The number of nitrogens with one attached hydrogen (secondary N) is 1. The van der Waals surface area contributed by atoms with Crippen LogP contribution in [0.2, 0.25) is 0 Å². The molecule has 0 aromatic heterocycles. The summed E-state index contributed by atoms with van der Waals surface area (Å²) in [6.45, 7) is 6.94. The van der Waals surface area contributed by atoms with E-state index in [0.717, 1.165) is 23.3 Å². The average Bonchev–Trinajstić information content (AvgIpc) is 2.42. The number of piperidine rings is 1. The molecule has 0 bridgehead atoms. The Hall–Kier alpha value is -0.120. The standard InChI is InChI=1S/C20H35N3/c1-22-14-19(15-22)8-5-17(19)13-23-9-2-4-16(12-23)10-18-11-20(21-18)6-3-7-20/h16-18,21H,2-15H2,1H3. The van der Waals surface area contributed by atoms with Gasteiger partial charge in [0.2, 0.25) is 0 Å². The summed E-state index contributed by atoms with van der Waals surface area (Å²) in [5.74, 6) is 1.98. The van der Waals surface area contributed by atoms with E-state index in [0.29, 0.717) is 5.54 Å². The lowest BCUT2D eigenvalue weighted by atomic mass is 9.55. The fourth-order valence-electron chi connectivity index (χ4n) is 6.69. The molecule has 5 rings (SSSR count). The molecule has 2 spiro atoms. The third-order valence-corrected chi connectivity index (χ3v) is 8.18. The van der Waals surface area contributed by atoms with Gasteiger partial charge in [0.15, 0.2) is 0 Å². The minimum absolute atomic E-state index is 0.633.